The molecule has 0 atom stereocenters. The SMILES string of the molecule is Cn1ccnc1CNC(=O)N1CCC2(CCC2)CC1. The molecule has 0 bridgehead atoms. The average molecular weight is 262 g/mol. The van der Waals surface area contributed by atoms with Gasteiger partial charge in [-0.15, -0.1) is 0 Å². The quantitative estimate of drug-likeness (QED) is 0.885. The van der Waals surface area contributed by atoms with Crippen LogP contribution in [0.3, 0.4) is 0 Å². The first kappa shape index (κ1) is 12.5. The Balaban J connectivity index is 1.47. The Kier molecular flexibility index (Phi) is 3.21. The van der Waals surface area contributed by atoms with Crippen molar-refractivity contribution in [3.05, 3.63) is 18.2 Å². The lowest BCUT2D eigenvalue weighted by atomic mass is 9.63. The Hall–Kier alpha value is -1.52. The predicted octanol–water partition coefficient (Wildman–Crippen LogP) is 1.90. The van der Waals surface area contributed by atoms with Gasteiger partial charge in [-0.05, 0) is 31.1 Å². The molecule has 3 rings (SSSR count). The van der Waals surface area contributed by atoms with Crippen molar-refractivity contribution < 1.29 is 4.79 Å². The number of piperidine rings is 1. The van der Waals surface area contributed by atoms with Crippen LogP contribution in [0.2, 0.25) is 0 Å². The Morgan fingerprint density at radius 3 is 2.63 bits per heavy atom. The second-order valence-corrected chi connectivity index (χ2v) is 5.95. The van der Waals surface area contributed by atoms with Gasteiger partial charge < -0.3 is 14.8 Å². The number of rotatable bonds is 2. The van der Waals surface area contributed by atoms with Crippen LogP contribution in [0.5, 0.6) is 0 Å². The van der Waals surface area contributed by atoms with Crippen LogP contribution in [-0.4, -0.2) is 33.6 Å². The molecule has 0 radical (unpaired) electrons. The van der Waals surface area contributed by atoms with E-state index in [1.807, 2.05) is 22.7 Å². The van der Waals surface area contributed by atoms with Crippen molar-refractivity contribution in [3.63, 3.8) is 0 Å². The predicted molar refractivity (Wildman–Crippen MR) is 72.5 cm³/mol. The Labute approximate surface area is 114 Å². The van der Waals surface area contributed by atoms with Crippen LogP contribution in [0.1, 0.15) is 37.9 Å². The van der Waals surface area contributed by atoms with Gasteiger partial charge in [0.05, 0.1) is 6.54 Å². The van der Waals surface area contributed by atoms with Crippen molar-refractivity contribution in [2.24, 2.45) is 12.5 Å². The third kappa shape index (κ3) is 2.46. The molecular weight excluding hydrogens is 240 g/mol. The van der Waals surface area contributed by atoms with Gasteiger partial charge in [0.1, 0.15) is 5.82 Å². The maximum atomic E-state index is 12.1. The highest BCUT2D eigenvalue weighted by molar-refractivity contribution is 5.74. The smallest absolute Gasteiger partial charge is 0.317 e. The minimum Gasteiger partial charge on any atom is -0.337 e. The van der Waals surface area contributed by atoms with Crippen molar-refractivity contribution in [1.29, 1.82) is 0 Å². The number of nitrogens with one attached hydrogen (secondary N) is 1. The van der Waals surface area contributed by atoms with E-state index in [0.717, 1.165) is 18.9 Å². The van der Waals surface area contributed by atoms with Crippen LogP contribution in [0, 0.1) is 5.41 Å². The van der Waals surface area contributed by atoms with E-state index in [4.69, 9.17) is 0 Å². The summed E-state index contributed by atoms with van der Waals surface area (Å²) in [7, 11) is 1.94. The molecule has 5 heteroatoms. The van der Waals surface area contributed by atoms with E-state index in [9.17, 15) is 4.79 Å². The highest BCUT2D eigenvalue weighted by atomic mass is 16.2. The molecule has 0 aromatic carbocycles. The molecule has 2 fully saturated rings. The van der Waals surface area contributed by atoms with E-state index in [1.165, 1.54) is 32.1 Å². The summed E-state index contributed by atoms with van der Waals surface area (Å²) >= 11 is 0. The molecule has 104 valence electrons. The molecule has 1 aliphatic heterocycles. The van der Waals surface area contributed by atoms with Gasteiger partial charge in [0.25, 0.3) is 0 Å². The normalized spacial score (nSPS) is 21.2. The van der Waals surface area contributed by atoms with Crippen LogP contribution >= 0.6 is 0 Å². The average Bonchev–Trinajstić information content (AvgIpc) is 2.80. The van der Waals surface area contributed by atoms with Crippen LogP contribution < -0.4 is 5.32 Å². The third-order valence-corrected chi connectivity index (χ3v) is 4.84. The topological polar surface area (TPSA) is 50.2 Å². The van der Waals surface area contributed by atoms with Crippen molar-refractivity contribution in [2.75, 3.05) is 13.1 Å². The monoisotopic (exact) mass is 262 g/mol. The summed E-state index contributed by atoms with van der Waals surface area (Å²) in [5.74, 6) is 0.890. The molecule has 1 spiro atoms. The van der Waals surface area contributed by atoms with Gasteiger partial charge in [-0.25, -0.2) is 9.78 Å². The maximum absolute atomic E-state index is 12.1. The van der Waals surface area contributed by atoms with Gasteiger partial charge in [0.15, 0.2) is 0 Å². The van der Waals surface area contributed by atoms with Crippen molar-refractivity contribution in [1.82, 2.24) is 19.8 Å². The summed E-state index contributed by atoms with van der Waals surface area (Å²) < 4.78 is 1.93. The summed E-state index contributed by atoms with van der Waals surface area (Å²) in [5.41, 5.74) is 0.594. The number of hydrogen-bond acceptors (Lipinski definition) is 2. The summed E-state index contributed by atoms with van der Waals surface area (Å²) in [4.78, 5) is 18.3. The molecule has 2 aliphatic rings. The summed E-state index contributed by atoms with van der Waals surface area (Å²) in [6.45, 7) is 2.32. The van der Waals surface area contributed by atoms with E-state index in [2.05, 4.69) is 10.3 Å². The van der Waals surface area contributed by atoms with E-state index in [0.29, 0.717) is 12.0 Å². The zero-order chi connectivity index (χ0) is 13.3. The summed E-state index contributed by atoms with van der Waals surface area (Å²) in [6.07, 6.45) is 10.1. The lowest BCUT2D eigenvalue weighted by Crippen LogP contribution is -2.49. The molecule has 2 heterocycles. The van der Waals surface area contributed by atoms with Crippen molar-refractivity contribution >= 4 is 6.03 Å². The molecule has 5 nitrogen and oxygen atoms in total. The Bertz CT molecular complexity index is 454. The minimum atomic E-state index is 0.0529. The van der Waals surface area contributed by atoms with E-state index in [-0.39, 0.29) is 6.03 Å². The first-order chi connectivity index (χ1) is 9.19. The van der Waals surface area contributed by atoms with Gasteiger partial charge >= 0.3 is 6.03 Å². The lowest BCUT2D eigenvalue weighted by Gasteiger charge is -2.47. The number of hydrogen-bond donors (Lipinski definition) is 1. The van der Waals surface area contributed by atoms with E-state index >= 15 is 0 Å². The number of urea groups is 1. The van der Waals surface area contributed by atoms with Gasteiger partial charge in [0.2, 0.25) is 0 Å². The summed E-state index contributed by atoms with van der Waals surface area (Å²) in [5, 5.41) is 2.96. The molecule has 1 aromatic heterocycles. The van der Waals surface area contributed by atoms with Gasteiger partial charge in [-0.2, -0.15) is 0 Å². The molecule has 1 saturated carbocycles. The van der Waals surface area contributed by atoms with Crippen LogP contribution in [0.25, 0.3) is 0 Å². The fourth-order valence-electron chi connectivity index (χ4n) is 3.19. The number of carbonyl (C=O) groups is 1. The van der Waals surface area contributed by atoms with Gasteiger partial charge in [-0.3, -0.25) is 0 Å². The number of aryl methyl sites for hydroxylation is 1. The number of aromatic nitrogens is 2. The second kappa shape index (κ2) is 4.87. The van der Waals surface area contributed by atoms with Crippen molar-refractivity contribution in [3.8, 4) is 0 Å². The first-order valence-corrected chi connectivity index (χ1v) is 7.18. The lowest BCUT2D eigenvalue weighted by molar-refractivity contribution is 0.0462. The maximum Gasteiger partial charge on any atom is 0.317 e. The third-order valence-electron chi connectivity index (χ3n) is 4.84. The van der Waals surface area contributed by atoms with Crippen LogP contribution in [0.15, 0.2) is 12.4 Å². The van der Waals surface area contributed by atoms with E-state index < -0.39 is 0 Å². The molecule has 19 heavy (non-hydrogen) atoms. The minimum absolute atomic E-state index is 0.0529. The van der Waals surface area contributed by atoms with Crippen LogP contribution in [0.4, 0.5) is 4.79 Å². The molecule has 2 amide bonds. The standard InChI is InChI=1S/C14H22N4O/c1-17-10-7-15-12(17)11-16-13(19)18-8-5-14(6-9-18)3-2-4-14/h7,10H,2-6,8-9,11H2,1H3,(H,16,19). The zero-order valence-corrected chi connectivity index (χ0v) is 11.6. The van der Waals surface area contributed by atoms with Gasteiger partial charge in [0, 0.05) is 32.5 Å². The zero-order valence-electron chi connectivity index (χ0n) is 11.6. The highest BCUT2D eigenvalue weighted by Gasteiger charge is 2.40. The second-order valence-electron chi connectivity index (χ2n) is 5.95. The fraction of sp³-hybridized carbons (Fsp3) is 0.714. The summed E-state index contributed by atoms with van der Waals surface area (Å²) in [6, 6.07) is 0.0529. The highest BCUT2D eigenvalue weighted by Crippen LogP contribution is 2.48. The molecule has 1 aliphatic carbocycles. The van der Waals surface area contributed by atoms with E-state index in [1.54, 1.807) is 6.20 Å². The Morgan fingerprint density at radius 2 is 2.11 bits per heavy atom. The number of imidazole rings is 1. The largest absolute Gasteiger partial charge is 0.337 e. The number of amides is 2. The number of nitrogens with zero attached hydrogens (tertiary/aromatic N) is 3. The van der Waals surface area contributed by atoms with Crippen molar-refractivity contribution in [2.45, 2.75) is 38.6 Å². The molecule has 1 aromatic rings. The molecule has 1 saturated heterocycles. The molecule has 0 unspecified atom stereocenters. The number of likely N-dealkylation sites (tertiary alicyclic amines) is 1. The van der Waals surface area contributed by atoms with Gasteiger partial charge in [-0.1, -0.05) is 6.42 Å². The fourth-order valence-corrected chi connectivity index (χ4v) is 3.19. The first-order valence-electron chi connectivity index (χ1n) is 7.18. The molecular formula is C14H22N4O. The van der Waals surface area contributed by atoms with Crippen LogP contribution in [-0.2, 0) is 13.6 Å². The molecule has 1 N–H and O–H groups in total. The number of carbonyl (C=O) groups excluding carboxylic acids is 1. The Morgan fingerprint density at radius 1 is 1.37 bits per heavy atom.